The monoisotopic (exact) mass is 537 g/mol. The molecule has 4 aromatic rings. The second-order valence-electron chi connectivity index (χ2n) is 9.00. The molecule has 1 heterocycles. The molecule has 0 saturated carbocycles. The fourth-order valence-corrected chi connectivity index (χ4v) is 3.91. The molecular weight excluding hydrogens is 513 g/mol. The van der Waals surface area contributed by atoms with Crippen molar-refractivity contribution in [1.29, 1.82) is 0 Å². The molecule has 0 aliphatic rings. The van der Waals surface area contributed by atoms with Crippen LogP contribution < -0.4 is 15.0 Å². The lowest BCUT2D eigenvalue weighted by molar-refractivity contribution is 0.284. The van der Waals surface area contributed by atoms with E-state index in [-0.39, 0.29) is 18.0 Å². The van der Waals surface area contributed by atoms with Gasteiger partial charge in [0, 0.05) is 15.5 Å². The SMILES string of the molecule is COc1cccc(C=Nn2c(C(C)(C)C)nc3ccc(Br)cc3c2=O)c1OCc1ccc(F)cc1. The molecule has 0 atom stereocenters. The van der Waals surface area contributed by atoms with Gasteiger partial charge in [0.1, 0.15) is 18.2 Å². The Morgan fingerprint density at radius 2 is 1.86 bits per heavy atom. The van der Waals surface area contributed by atoms with Crippen LogP contribution in [-0.4, -0.2) is 23.0 Å². The number of halogens is 2. The summed E-state index contributed by atoms with van der Waals surface area (Å²) >= 11 is 3.43. The highest BCUT2D eigenvalue weighted by atomic mass is 79.9. The summed E-state index contributed by atoms with van der Waals surface area (Å²) in [6.07, 6.45) is 1.56. The van der Waals surface area contributed by atoms with Gasteiger partial charge in [0.25, 0.3) is 5.56 Å². The summed E-state index contributed by atoms with van der Waals surface area (Å²) in [4.78, 5) is 18.2. The average Bonchev–Trinajstić information content (AvgIpc) is 2.82. The Morgan fingerprint density at radius 1 is 1.11 bits per heavy atom. The van der Waals surface area contributed by atoms with E-state index in [4.69, 9.17) is 14.5 Å². The lowest BCUT2D eigenvalue weighted by atomic mass is 9.95. The van der Waals surface area contributed by atoms with Crippen LogP contribution in [0.15, 0.2) is 75.0 Å². The van der Waals surface area contributed by atoms with Gasteiger partial charge in [-0.1, -0.05) is 54.9 Å². The molecule has 0 fully saturated rings. The van der Waals surface area contributed by atoms with Crippen molar-refractivity contribution in [3.63, 3.8) is 0 Å². The Morgan fingerprint density at radius 3 is 2.54 bits per heavy atom. The van der Waals surface area contributed by atoms with Crippen LogP contribution in [0.5, 0.6) is 11.5 Å². The highest BCUT2D eigenvalue weighted by molar-refractivity contribution is 9.10. The van der Waals surface area contributed by atoms with Crippen LogP contribution in [0.4, 0.5) is 4.39 Å². The largest absolute Gasteiger partial charge is 0.493 e. The maximum Gasteiger partial charge on any atom is 0.282 e. The first-order valence-corrected chi connectivity index (χ1v) is 11.8. The Hall–Kier alpha value is -3.52. The zero-order valence-electron chi connectivity index (χ0n) is 19.9. The number of para-hydroxylation sites is 1. The van der Waals surface area contributed by atoms with Gasteiger partial charge >= 0.3 is 0 Å². The number of nitrogens with zero attached hydrogens (tertiary/aromatic N) is 3. The summed E-state index contributed by atoms with van der Waals surface area (Å²) in [5, 5.41) is 5.00. The molecule has 0 N–H and O–H groups in total. The third-order valence-electron chi connectivity index (χ3n) is 5.32. The van der Waals surface area contributed by atoms with E-state index in [1.165, 1.54) is 16.8 Å². The molecule has 3 aromatic carbocycles. The summed E-state index contributed by atoms with van der Waals surface area (Å²) in [5.41, 5.74) is 1.32. The second-order valence-corrected chi connectivity index (χ2v) is 9.92. The summed E-state index contributed by atoms with van der Waals surface area (Å²) in [7, 11) is 1.55. The molecular formula is C27H25BrFN3O3. The van der Waals surface area contributed by atoms with Crippen LogP contribution in [0.1, 0.15) is 37.7 Å². The van der Waals surface area contributed by atoms with Gasteiger partial charge in [-0.05, 0) is 48.0 Å². The van der Waals surface area contributed by atoms with Crippen LogP contribution in [-0.2, 0) is 12.0 Å². The molecule has 0 bridgehead atoms. The molecule has 1 aromatic heterocycles. The molecule has 0 radical (unpaired) electrons. The summed E-state index contributed by atoms with van der Waals surface area (Å²) in [5.74, 6) is 1.20. The van der Waals surface area contributed by atoms with Crippen LogP contribution in [0.25, 0.3) is 10.9 Å². The Labute approximate surface area is 211 Å². The fourth-order valence-electron chi connectivity index (χ4n) is 3.55. The molecule has 0 aliphatic carbocycles. The maximum atomic E-state index is 13.4. The van der Waals surface area contributed by atoms with E-state index in [0.717, 1.165) is 10.0 Å². The molecule has 0 spiro atoms. The standard InChI is InChI=1S/C27H25BrFN3O3/c1-27(2,3)26-31-22-13-10-19(28)14-21(22)25(33)32(26)30-15-18-6-5-7-23(34-4)24(18)35-16-17-8-11-20(29)12-9-17/h5-15H,16H2,1-4H3. The van der Waals surface area contributed by atoms with Crippen LogP contribution >= 0.6 is 15.9 Å². The third-order valence-corrected chi connectivity index (χ3v) is 5.81. The number of aromatic nitrogens is 2. The molecule has 8 heteroatoms. The third kappa shape index (κ3) is 5.43. The molecule has 4 rings (SSSR count). The normalized spacial score (nSPS) is 11.8. The lowest BCUT2D eigenvalue weighted by Gasteiger charge is -2.21. The number of ether oxygens (including phenoxy) is 2. The first-order valence-electron chi connectivity index (χ1n) is 11.0. The number of rotatable bonds is 6. The van der Waals surface area contributed by atoms with Crippen molar-refractivity contribution in [1.82, 2.24) is 9.66 Å². The van der Waals surface area contributed by atoms with Gasteiger partial charge in [0.2, 0.25) is 0 Å². The Balaban J connectivity index is 1.78. The predicted molar refractivity (Wildman–Crippen MR) is 139 cm³/mol. The first kappa shape index (κ1) is 24.6. The van der Waals surface area contributed by atoms with E-state index in [2.05, 4.69) is 21.0 Å². The van der Waals surface area contributed by atoms with E-state index < -0.39 is 5.41 Å². The highest BCUT2D eigenvalue weighted by Crippen LogP contribution is 2.31. The predicted octanol–water partition coefficient (Wildman–Crippen LogP) is 6.07. The zero-order valence-corrected chi connectivity index (χ0v) is 21.5. The molecule has 0 amide bonds. The minimum absolute atomic E-state index is 0.209. The van der Waals surface area contributed by atoms with E-state index >= 15 is 0 Å². The van der Waals surface area contributed by atoms with Gasteiger partial charge in [-0.2, -0.15) is 9.78 Å². The Bertz CT molecular complexity index is 1460. The van der Waals surface area contributed by atoms with Gasteiger partial charge in [-0.3, -0.25) is 4.79 Å². The van der Waals surface area contributed by atoms with Crippen LogP contribution in [0.3, 0.4) is 0 Å². The summed E-state index contributed by atoms with van der Waals surface area (Å²) in [6, 6.07) is 16.9. The van der Waals surface area contributed by atoms with Gasteiger partial charge < -0.3 is 9.47 Å². The number of methoxy groups -OCH3 is 1. The van der Waals surface area contributed by atoms with Crippen molar-refractivity contribution < 1.29 is 13.9 Å². The molecule has 0 unspecified atom stereocenters. The molecule has 0 saturated heterocycles. The van der Waals surface area contributed by atoms with Crippen molar-refractivity contribution in [3.05, 3.63) is 98.3 Å². The van der Waals surface area contributed by atoms with Gasteiger partial charge in [-0.25, -0.2) is 9.37 Å². The minimum atomic E-state index is -0.436. The number of fused-ring (bicyclic) bond motifs is 1. The van der Waals surface area contributed by atoms with Crippen molar-refractivity contribution in [3.8, 4) is 11.5 Å². The van der Waals surface area contributed by atoms with Crippen LogP contribution in [0.2, 0.25) is 0 Å². The fraction of sp³-hybridized carbons (Fsp3) is 0.222. The van der Waals surface area contributed by atoms with Crippen molar-refractivity contribution in [2.45, 2.75) is 32.8 Å². The second kappa shape index (κ2) is 10.00. The number of hydrogen-bond donors (Lipinski definition) is 0. The van der Waals surface area contributed by atoms with Gasteiger partial charge in [0.15, 0.2) is 11.5 Å². The number of benzene rings is 3. The van der Waals surface area contributed by atoms with E-state index in [1.807, 2.05) is 45.0 Å². The lowest BCUT2D eigenvalue weighted by Crippen LogP contribution is -2.29. The summed E-state index contributed by atoms with van der Waals surface area (Å²) in [6.45, 7) is 6.15. The van der Waals surface area contributed by atoms with E-state index in [9.17, 15) is 9.18 Å². The van der Waals surface area contributed by atoms with Crippen molar-refractivity contribution in [2.75, 3.05) is 7.11 Å². The smallest absolute Gasteiger partial charge is 0.282 e. The summed E-state index contributed by atoms with van der Waals surface area (Å²) < 4.78 is 26.9. The Kier molecular flexibility index (Phi) is 7.03. The van der Waals surface area contributed by atoms with Crippen LogP contribution in [0, 0.1) is 5.82 Å². The first-order chi connectivity index (χ1) is 16.7. The molecule has 180 valence electrons. The topological polar surface area (TPSA) is 65.7 Å². The highest BCUT2D eigenvalue weighted by Gasteiger charge is 2.23. The molecule has 6 nitrogen and oxygen atoms in total. The average molecular weight is 538 g/mol. The minimum Gasteiger partial charge on any atom is -0.493 e. The van der Waals surface area contributed by atoms with Crippen molar-refractivity contribution in [2.24, 2.45) is 5.10 Å². The van der Waals surface area contributed by atoms with Crippen molar-refractivity contribution >= 4 is 33.0 Å². The molecule has 35 heavy (non-hydrogen) atoms. The molecule has 0 aliphatic heterocycles. The zero-order chi connectivity index (χ0) is 25.2. The number of hydrogen-bond acceptors (Lipinski definition) is 5. The van der Waals surface area contributed by atoms with Gasteiger partial charge in [0.05, 0.1) is 24.2 Å². The van der Waals surface area contributed by atoms with E-state index in [0.29, 0.717) is 33.8 Å². The quantitative estimate of drug-likeness (QED) is 0.280. The van der Waals surface area contributed by atoms with E-state index in [1.54, 1.807) is 37.6 Å². The maximum absolute atomic E-state index is 13.4. The van der Waals surface area contributed by atoms with Gasteiger partial charge in [-0.15, -0.1) is 0 Å².